The predicted molar refractivity (Wildman–Crippen MR) is 156 cm³/mol. The molecule has 2 aromatic carbocycles. The van der Waals surface area contributed by atoms with Gasteiger partial charge in [-0.1, -0.05) is 24.3 Å². The summed E-state index contributed by atoms with van der Waals surface area (Å²) in [6.07, 6.45) is 5.17. The van der Waals surface area contributed by atoms with Crippen molar-refractivity contribution in [3.8, 4) is 0 Å². The number of rotatable bonds is 7. The second-order valence-corrected chi connectivity index (χ2v) is 13.0. The average molecular weight is 591 g/mol. The number of sulfonamides is 1. The molecule has 4 aromatic rings. The molecule has 218 valence electrons. The Balaban J connectivity index is 1.32. The predicted octanol–water partition coefficient (Wildman–Crippen LogP) is 4.47. The van der Waals surface area contributed by atoms with Crippen LogP contribution < -0.4 is 10.0 Å². The highest BCUT2D eigenvalue weighted by molar-refractivity contribution is 7.91. The third kappa shape index (κ3) is 5.46. The molecule has 0 unspecified atom stereocenters. The quantitative estimate of drug-likeness (QED) is 0.325. The number of nitrogens with zero attached hydrogens (tertiary/aromatic N) is 4. The molecule has 1 aliphatic carbocycles. The van der Waals surface area contributed by atoms with Crippen LogP contribution in [0, 0.1) is 19.7 Å². The number of anilines is 2. The number of halogens is 1. The average Bonchev–Trinajstić information content (AvgIpc) is 3.75. The number of carbonyl (C=O) groups excluding carboxylic acids is 2. The lowest BCUT2D eigenvalue weighted by Crippen LogP contribution is -2.38. The molecule has 0 spiro atoms. The molecule has 1 saturated heterocycles. The highest BCUT2D eigenvalue weighted by atomic mass is 32.2. The molecule has 2 N–H and O–H groups in total. The molecular formula is C30H31FN6O4S. The first-order valence-corrected chi connectivity index (χ1v) is 15.5. The van der Waals surface area contributed by atoms with Crippen LogP contribution in [0.25, 0.3) is 5.65 Å². The van der Waals surface area contributed by atoms with Gasteiger partial charge in [0.2, 0.25) is 10.0 Å². The molecule has 10 nitrogen and oxygen atoms in total. The minimum atomic E-state index is -3.77. The zero-order valence-corrected chi connectivity index (χ0v) is 24.1. The Bertz CT molecular complexity index is 1790. The zero-order valence-electron chi connectivity index (χ0n) is 23.3. The van der Waals surface area contributed by atoms with Gasteiger partial charge in [0.15, 0.2) is 5.65 Å². The first-order chi connectivity index (χ1) is 20.1. The molecule has 0 bridgehead atoms. The Hall–Kier alpha value is -4.32. The smallest absolute Gasteiger partial charge is 0.270 e. The summed E-state index contributed by atoms with van der Waals surface area (Å²) in [5.74, 6) is -0.788. The van der Waals surface area contributed by atoms with E-state index in [0.717, 1.165) is 35.2 Å². The molecule has 0 atom stereocenters. The normalized spacial score (nSPS) is 16.0. The number of nitrogens with one attached hydrogen (secondary N) is 2. The number of hydrogen-bond donors (Lipinski definition) is 2. The lowest BCUT2D eigenvalue weighted by atomic mass is 9.89. The van der Waals surface area contributed by atoms with Gasteiger partial charge in [0.1, 0.15) is 22.8 Å². The number of piperidine rings is 1. The van der Waals surface area contributed by atoms with Crippen LogP contribution in [0.5, 0.6) is 0 Å². The largest absolute Gasteiger partial charge is 0.339 e. The summed E-state index contributed by atoms with van der Waals surface area (Å²) in [5.41, 5.74) is 4.13. The van der Waals surface area contributed by atoms with Crippen molar-refractivity contribution in [3.05, 3.63) is 88.5 Å². The van der Waals surface area contributed by atoms with E-state index < -0.39 is 21.2 Å². The van der Waals surface area contributed by atoms with Crippen molar-refractivity contribution in [2.24, 2.45) is 0 Å². The zero-order chi connectivity index (χ0) is 29.6. The summed E-state index contributed by atoms with van der Waals surface area (Å²) in [7, 11) is -3.77. The van der Waals surface area contributed by atoms with Crippen LogP contribution >= 0.6 is 0 Å². The fourth-order valence-electron chi connectivity index (χ4n) is 5.33. The van der Waals surface area contributed by atoms with Crippen molar-refractivity contribution < 1.29 is 22.4 Å². The summed E-state index contributed by atoms with van der Waals surface area (Å²) in [6, 6.07) is 12.4. The van der Waals surface area contributed by atoms with E-state index in [1.54, 1.807) is 17.0 Å². The number of carbonyl (C=O) groups is 2. The summed E-state index contributed by atoms with van der Waals surface area (Å²) in [4.78, 5) is 33.0. The van der Waals surface area contributed by atoms with Gasteiger partial charge >= 0.3 is 0 Å². The Labute approximate surface area is 243 Å². The van der Waals surface area contributed by atoms with Gasteiger partial charge in [-0.25, -0.2) is 22.5 Å². The number of aromatic nitrogens is 3. The van der Waals surface area contributed by atoms with Gasteiger partial charge < -0.3 is 10.2 Å². The summed E-state index contributed by atoms with van der Waals surface area (Å²) < 4.78 is 41.7. The molecular weight excluding hydrogens is 559 g/mol. The van der Waals surface area contributed by atoms with Crippen LogP contribution in [0.4, 0.5) is 15.9 Å². The van der Waals surface area contributed by atoms with Gasteiger partial charge in [0.25, 0.3) is 11.8 Å². The van der Waals surface area contributed by atoms with Crippen LogP contribution in [0.15, 0.2) is 54.9 Å². The van der Waals surface area contributed by atoms with E-state index in [4.69, 9.17) is 0 Å². The van der Waals surface area contributed by atoms with E-state index >= 15 is 0 Å². The molecule has 6 rings (SSSR count). The molecule has 1 aliphatic heterocycles. The fourth-order valence-corrected chi connectivity index (χ4v) is 6.62. The van der Waals surface area contributed by atoms with Crippen LogP contribution in [-0.4, -0.2) is 58.1 Å². The SMILES string of the molecule is Cc1ccc(C)c(Nc2c(C(=O)N3CCC(c4ccc(F)cc4)CC3)cnc3c(C(=O)NS(=O)(=O)C4CC4)cnn23)c1. The Morgan fingerprint density at radius 3 is 2.36 bits per heavy atom. The fraction of sp³-hybridized carbons (Fsp3) is 0.333. The molecule has 2 aliphatic rings. The lowest BCUT2D eigenvalue weighted by Gasteiger charge is -2.32. The standard InChI is InChI=1S/C30H31FN6O4S/c1-18-3-4-19(2)26(15-18)34-28-25(30(39)36-13-11-21(12-14-36)20-5-7-22(31)8-6-20)16-32-27-24(17-33-37(27)28)29(38)35-42(40,41)23-9-10-23/h3-8,15-17,21,23,34H,9-14H2,1-2H3,(H,35,38). The minimum Gasteiger partial charge on any atom is -0.339 e. The lowest BCUT2D eigenvalue weighted by molar-refractivity contribution is 0.0713. The Kier molecular flexibility index (Phi) is 7.17. The minimum absolute atomic E-state index is 0.0117. The molecule has 2 amide bonds. The first-order valence-electron chi connectivity index (χ1n) is 13.9. The van der Waals surface area contributed by atoms with Gasteiger partial charge in [0, 0.05) is 25.0 Å². The number of benzene rings is 2. The maximum absolute atomic E-state index is 13.9. The van der Waals surface area contributed by atoms with E-state index in [-0.39, 0.29) is 34.4 Å². The van der Waals surface area contributed by atoms with Crippen molar-refractivity contribution in [2.45, 2.75) is 50.7 Å². The van der Waals surface area contributed by atoms with E-state index in [1.165, 1.54) is 29.0 Å². The van der Waals surface area contributed by atoms with Crippen molar-refractivity contribution in [2.75, 3.05) is 18.4 Å². The molecule has 42 heavy (non-hydrogen) atoms. The third-order valence-electron chi connectivity index (χ3n) is 7.97. The Morgan fingerprint density at radius 1 is 0.952 bits per heavy atom. The second-order valence-electron chi connectivity index (χ2n) is 11.1. The number of likely N-dealkylation sites (tertiary alicyclic amines) is 1. The van der Waals surface area contributed by atoms with Crippen LogP contribution in [0.2, 0.25) is 0 Å². The number of aryl methyl sites for hydroxylation is 2. The summed E-state index contributed by atoms with van der Waals surface area (Å²) in [5, 5.41) is 7.14. The van der Waals surface area contributed by atoms with Gasteiger partial charge in [-0.15, -0.1) is 0 Å². The summed E-state index contributed by atoms with van der Waals surface area (Å²) >= 11 is 0. The highest BCUT2D eigenvalue weighted by Crippen LogP contribution is 2.32. The van der Waals surface area contributed by atoms with Gasteiger partial charge in [-0.3, -0.25) is 9.59 Å². The molecule has 2 fully saturated rings. The molecule has 1 saturated carbocycles. The second kappa shape index (κ2) is 10.8. The van der Waals surface area contributed by atoms with Crippen molar-refractivity contribution in [1.29, 1.82) is 0 Å². The van der Waals surface area contributed by atoms with E-state index in [9.17, 15) is 22.4 Å². The van der Waals surface area contributed by atoms with Gasteiger partial charge in [0.05, 0.1) is 11.4 Å². The first kappa shape index (κ1) is 27.8. The monoisotopic (exact) mass is 590 g/mol. The third-order valence-corrected chi connectivity index (χ3v) is 9.79. The van der Waals surface area contributed by atoms with E-state index in [1.807, 2.05) is 32.0 Å². The molecule has 2 aromatic heterocycles. The molecule has 12 heteroatoms. The summed E-state index contributed by atoms with van der Waals surface area (Å²) in [6.45, 7) is 4.91. The van der Waals surface area contributed by atoms with Gasteiger partial charge in [-0.05, 0) is 80.3 Å². The van der Waals surface area contributed by atoms with Crippen molar-refractivity contribution in [1.82, 2.24) is 24.2 Å². The van der Waals surface area contributed by atoms with E-state index in [0.29, 0.717) is 31.7 Å². The van der Waals surface area contributed by atoms with Crippen molar-refractivity contribution >= 4 is 39.0 Å². The van der Waals surface area contributed by atoms with Crippen LogP contribution in [0.1, 0.15) is 69.0 Å². The van der Waals surface area contributed by atoms with Crippen molar-refractivity contribution in [3.63, 3.8) is 0 Å². The highest BCUT2D eigenvalue weighted by Gasteiger charge is 2.37. The maximum atomic E-state index is 13.9. The topological polar surface area (TPSA) is 126 Å². The number of amides is 2. The number of hydrogen-bond acceptors (Lipinski definition) is 7. The van der Waals surface area contributed by atoms with Gasteiger partial charge in [-0.2, -0.15) is 9.61 Å². The number of fused-ring (bicyclic) bond motifs is 1. The maximum Gasteiger partial charge on any atom is 0.270 e. The van der Waals surface area contributed by atoms with Crippen LogP contribution in [-0.2, 0) is 10.0 Å². The Morgan fingerprint density at radius 2 is 1.67 bits per heavy atom. The van der Waals surface area contributed by atoms with E-state index in [2.05, 4.69) is 20.1 Å². The molecule has 3 heterocycles. The molecule has 0 radical (unpaired) electrons. The van der Waals surface area contributed by atoms with Crippen LogP contribution in [0.3, 0.4) is 0 Å².